The second-order valence-electron chi connectivity index (χ2n) is 5.74. The van der Waals surface area contributed by atoms with Crippen LogP contribution in [-0.4, -0.2) is 21.5 Å². The van der Waals surface area contributed by atoms with Crippen molar-refractivity contribution in [2.75, 3.05) is 7.11 Å². The third-order valence-corrected chi connectivity index (χ3v) is 5.77. The van der Waals surface area contributed by atoms with E-state index in [1.165, 1.54) is 7.11 Å². The van der Waals surface area contributed by atoms with E-state index in [9.17, 15) is 13.2 Å². The molecule has 7 heteroatoms. The molecular weight excluding hydrogens is 362 g/mol. The van der Waals surface area contributed by atoms with E-state index in [4.69, 9.17) is 11.6 Å². The number of sulfonamides is 1. The Balaban J connectivity index is 2.41. The first-order valence-corrected chi connectivity index (χ1v) is 9.51. The number of aryl methyl sites for hydroxylation is 2. The van der Waals surface area contributed by atoms with Gasteiger partial charge in [-0.1, -0.05) is 47.5 Å². The van der Waals surface area contributed by atoms with Crippen LogP contribution in [0, 0.1) is 13.8 Å². The van der Waals surface area contributed by atoms with E-state index >= 15 is 0 Å². The molecule has 0 saturated heterocycles. The number of carbonyl (C=O) groups excluding carboxylic acids is 1. The van der Waals surface area contributed by atoms with Gasteiger partial charge in [-0.2, -0.15) is 0 Å². The number of hydrogen-bond acceptors (Lipinski definition) is 4. The monoisotopic (exact) mass is 381 g/mol. The molecule has 1 N–H and O–H groups in total. The second-order valence-corrected chi connectivity index (χ2v) is 7.83. The SMILES string of the molecule is COC(=O)CC(NS(=O)(=O)c1ccc(C)cc1C)c1ccccc1Cl. The first-order valence-electron chi connectivity index (χ1n) is 7.65. The Morgan fingerprint density at radius 2 is 1.88 bits per heavy atom. The van der Waals surface area contributed by atoms with Gasteiger partial charge < -0.3 is 4.74 Å². The minimum Gasteiger partial charge on any atom is -0.469 e. The van der Waals surface area contributed by atoms with Crippen molar-refractivity contribution < 1.29 is 17.9 Å². The van der Waals surface area contributed by atoms with E-state index in [0.29, 0.717) is 16.1 Å². The molecule has 0 aliphatic rings. The van der Waals surface area contributed by atoms with Crippen LogP contribution < -0.4 is 4.72 Å². The Morgan fingerprint density at radius 1 is 1.20 bits per heavy atom. The molecule has 0 amide bonds. The van der Waals surface area contributed by atoms with Crippen LogP contribution in [0.4, 0.5) is 0 Å². The molecule has 0 saturated carbocycles. The van der Waals surface area contributed by atoms with Crippen LogP contribution in [-0.2, 0) is 19.6 Å². The van der Waals surface area contributed by atoms with Crippen LogP contribution in [0.1, 0.15) is 29.2 Å². The van der Waals surface area contributed by atoms with E-state index in [-0.39, 0.29) is 11.3 Å². The number of ether oxygens (including phenoxy) is 1. The van der Waals surface area contributed by atoms with Crippen molar-refractivity contribution in [2.24, 2.45) is 0 Å². The summed E-state index contributed by atoms with van der Waals surface area (Å²) in [7, 11) is -2.59. The van der Waals surface area contributed by atoms with Crippen LogP contribution in [0.2, 0.25) is 5.02 Å². The smallest absolute Gasteiger partial charge is 0.307 e. The summed E-state index contributed by atoms with van der Waals surface area (Å²) in [6, 6.07) is 11.0. The van der Waals surface area contributed by atoms with Gasteiger partial charge in [-0.3, -0.25) is 4.79 Å². The van der Waals surface area contributed by atoms with E-state index in [1.54, 1.807) is 49.4 Å². The predicted octanol–water partition coefficient (Wildman–Crippen LogP) is 3.54. The molecule has 134 valence electrons. The zero-order valence-corrected chi connectivity index (χ0v) is 15.8. The lowest BCUT2D eigenvalue weighted by Gasteiger charge is -2.20. The molecule has 2 aromatic carbocycles. The molecule has 25 heavy (non-hydrogen) atoms. The average Bonchev–Trinajstić information content (AvgIpc) is 2.54. The van der Waals surface area contributed by atoms with Crippen molar-refractivity contribution in [3.05, 3.63) is 64.2 Å². The van der Waals surface area contributed by atoms with Gasteiger partial charge in [0, 0.05) is 5.02 Å². The molecule has 5 nitrogen and oxygen atoms in total. The molecule has 1 unspecified atom stereocenters. The molecular formula is C18H20ClNO4S. The number of hydrogen-bond donors (Lipinski definition) is 1. The van der Waals surface area contributed by atoms with Crippen LogP contribution >= 0.6 is 11.6 Å². The fourth-order valence-corrected chi connectivity index (χ4v) is 4.28. The maximum absolute atomic E-state index is 12.8. The fraction of sp³-hybridized carbons (Fsp3) is 0.278. The number of esters is 1. The summed E-state index contributed by atoms with van der Waals surface area (Å²) >= 11 is 6.19. The normalized spacial score (nSPS) is 12.6. The molecule has 0 fully saturated rings. The maximum atomic E-state index is 12.8. The molecule has 0 aromatic heterocycles. The fourth-order valence-electron chi connectivity index (χ4n) is 2.57. The number of carbonyl (C=O) groups is 1. The van der Waals surface area contributed by atoms with E-state index < -0.39 is 22.0 Å². The molecule has 0 bridgehead atoms. The lowest BCUT2D eigenvalue weighted by atomic mass is 10.1. The highest BCUT2D eigenvalue weighted by Crippen LogP contribution is 2.28. The Morgan fingerprint density at radius 3 is 2.48 bits per heavy atom. The predicted molar refractivity (Wildman–Crippen MR) is 97.1 cm³/mol. The third kappa shape index (κ3) is 4.81. The van der Waals surface area contributed by atoms with Gasteiger partial charge in [0.1, 0.15) is 0 Å². The lowest BCUT2D eigenvalue weighted by Crippen LogP contribution is -2.31. The topological polar surface area (TPSA) is 72.5 Å². The number of nitrogens with one attached hydrogen (secondary N) is 1. The third-order valence-electron chi connectivity index (χ3n) is 3.80. The number of methoxy groups -OCH3 is 1. The summed E-state index contributed by atoms with van der Waals surface area (Å²) in [5.41, 5.74) is 2.11. The highest BCUT2D eigenvalue weighted by atomic mass is 35.5. The molecule has 0 aliphatic carbocycles. The number of rotatable bonds is 6. The highest BCUT2D eigenvalue weighted by Gasteiger charge is 2.26. The molecule has 0 spiro atoms. The summed E-state index contributed by atoms with van der Waals surface area (Å²) in [5.74, 6) is -0.534. The summed E-state index contributed by atoms with van der Waals surface area (Å²) in [5, 5.41) is 0.375. The van der Waals surface area contributed by atoms with E-state index in [2.05, 4.69) is 9.46 Å². The van der Waals surface area contributed by atoms with Gasteiger partial charge in [-0.25, -0.2) is 13.1 Å². The zero-order chi connectivity index (χ0) is 18.6. The Kier molecular flexibility index (Phi) is 6.21. The zero-order valence-electron chi connectivity index (χ0n) is 14.2. The van der Waals surface area contributed by atoms with E-state index in [0.717, 1.165) is 5.56 Å². The van der Waals surface area contributed by atoms with Crippen molar-refractivity contribution in [1.82, 2.24) is 4.72 Å². The largest absolute Gasteiger partial charge is 0.469 e. The van der Waals surface area contributed by atoms with Gasteiger partial charge in [-0.15, -0.1) is 0 Å². The van der Waals surface area contributed by atoms with Gasteiger partial charge in [0.25, 0.3) is 0 Å². The summed E-state index contributed by atoms with van der Waals surface area (Å²) in [6.45, 7) is 3.62. The summed E-state index contributed by atoms with van der Waals surface area (Å²) in [4.78, 5) is 11.9. The first kappa shape index (κ1) is 19.4. The van der Waals surface area contributed by atoms with E-state index in [1.807, 2.05) is 6.92 Å². The molecule has 2 aromatic rings. The van der Waals surface area contributed by atoms with Crippen LogP contribution in [0.15, 0.2) is 47.4 Å². The van der Waals surface area contributed by atoms with Crippen molar-refractivity contribution in [1.29, 1.82) is 0 Å². The average molecular weight is 382 g/mol. The quantitative estimate of drug-likeness (QED) is 0.777. The maximum Gasteiger partial charge on any atom is 0.307 e. The molecule has 0 aliphatic heterocycles. The van der Waals surface area contributed by atoms with Crippen molar-refractivity contribution in [2.45, 2.75) is 31.2 Å². The summed E-state index contributed by atoms with van der Waals surface area (Å²) in [6.07, 6.45) is -0.162. The first-order chi connectivity index (χ1) is 11.7. The molecule has 1 atom stereocenters. The Hall–Kier alpha value is -1.89. The lowest BCUT2D eigenvalue weighted by molar-refractivity contribution is -0.141. The highest BCUT2D eigenvalue weighted by molar-refractivity contribution is 7.89. The Bertz CT molecular complexity index is 880. The minimum absolute atomic E-state index is 0.162. The second kappa shape index (κ2) is 7.99. The molecule has 0 radical (unpaired) electrons. The molecule has 2 rings (SSSR count). The standard InChI is InChI=1S/C18H20ClNO4S/c1-12-8-9-17(13(2)10-12)25(22,23)20-16(11-18(21)24-3)14-6-4-5-7-15(14)19/h4-10,16,20H,11H2,1-3H3. The van der Waals surface area contributed by atoms with Gasteiger partial charge in [0.15, 0.2) is 0 Å². The van der Waals surface area contributed by atoms with Crippen LogP contribution in [0.25, 0.3) is 0 Å². The molecule has 0 heterocycles. The number of benzene rings is 2. The van der Waals surface area contributed by atoms with Crippen molar-refractivity contribution in [3.8, 4) is 0 Å². The van der Waals surface area contributed by atoms with Gasteiger partial charge in [-0.05, 0) is 37.1 Å². The number of halogens is 1. The van der Waals surface area contributed by atoms with Crippen LogP contribution in [0.5, 0.6) is 0 Å². The minimum atomic E-state index is -3.84. The van der Waals surface area contributed by atoms with Gasteiger partial charge >= 0.3 is 5.97 Å². The van der Waals surface area contributed by atoms with Crippen LogP contribution in [0.3, 0.4) is 0 Å². The van der Waals surface area contributed by atoms with Crippen molar-refractivity contribution >= 4 is 27.6 Å². The van der Waals surface area contributed by atoms with Gasteiger partial charge in [0.05, 0.1) is 24.5 Å². The van der Waals surface area contributed by atoms with Gasteiger partial charge in [0.2, 0.25) is 10.0 Å². The van der Waals surface area contributed by atoms with Crippen molar-refractivity contribution in [3.63, 3.8) is 0 Å². The summed E-state index contributed by atoms with van der Waals surface area (Å²) < 4.78 is 32.9. The Labute approximate surface area is 153 Å².